The van der Waals surface area contributed by atoms with Gasteiger partial charge in [0.1, 0.15) is 23.0 Å². The van der Waals surface area contributed by atoms with Gasteiger partial charge >= 0.3 is 0 Å². The van der Waals surface area contributed by atoms with Gasteiger partial charge in [-0.2, -0.15) is 9.97 Å². The molecule has 0 radical (unpaired) electrons. The SMILES string of the molecule is Cc1c(O)ccc(-c2nc(Cl)nc(-c3ccc(O)c(C)c3O)n2)c1O. The van der Waals surface area contributed by atoms with E-state index in [1.165, 1.54) is 24.3 Å². The lowest BCUT2D eigenvalue weighted by molar-refractivity contribution is 0.443. The molecule has 0 aliphatic heterocycles. The maximum Gasteiger partial charge on any atom is 0.226 e. The van der Waals surface area contributed by atoms with Crippen LogP contribution in [0.25, 0.3) is 22.8 Å². The van der Waals surface area contributed by atoms with Gasteiger partial charge in [-0.1, -0.05) is 0 Å². The average Bonchev–Trinajstić information content (AvgIpc) is 2.57. The molecule has 0 atom stereocenters. The van der Waals surface area contributed by atoms with Gasteiger partial charge < -0.3 is 20.4 Å². The van der Waals surface area contributed by atoms with Gasteiger partial charge in [-0.05, 0) is 49.7 Å². The molecule has 2 aromatic carbocycles. The summed E-state index contributed by atoms with van der Waals surface area (Å²) in [5.74, 6) is -0.318. The minimum absolute atomic E-state index is 0.0616. The van der Waals surface area contributed by atoms with Crippen LogP contribution in [0.15, 0.2) is 24.3 Å². The number of hydrogen-bond acceptors (Lipinski definition) is 7. The molecule has 7 nitrogen and oxygen atoms in total. The van der Waals surface area contributed by atoms with Crippen molar-refractivity contribution in [3.05, 3.63) is 40.7 Å². The molecule has 1 aromatic heterocycles. The molecule has 0 saturated heterocycles. The minimum atomic E-state index is -0.181. The Labute approximate surface area is 147 Å². The molecule has 0 aliphatic rings. The fourth-order valence-electron chi connectivity index (χ4n) is 2.33. The topological polar surface area (TPSA) is 120 Å². The lowest BCUT2D eigenvalue weighted by Gasteiger charge is -2.11. The highest BCUT2D eigenvalue weighted by Crippen LogP contribution is 2.38. The van der Waals surface area contributed by atoms with E-state index < -0.39 is 0 Å². The molecule has 0 fully saturated rings. The summed E-state index contributed by atoms with van der Waals surface area (Å²) in [5, 5.41) is 39.6. The molecule has 0 spiro atoms. The van der Waals surface area contributed by atoms with Crippen molar-refractivity contribution in [2.75, 3.05) is 0 Å². The van der Waals surface area contributed by atoms with E-state index in [4.69, 9.17) is 11.6 Å². The Morgan fingerprint density at radius 1 is 0.680 bits per heavy atom. The molecule has 3 aromatic rings. The van der Waals surface area contributed by atoms with Crippen molar-refractivity contribution < 1.29 is 20.4 Å². The van der Waals surface area contributed by atoms with E-state index in [0.717, 1.165) is 0 Å². The van der Waals surface area contributed by atoms with Gasteiger partial charge in [-0.15, -0.1) is 0 Å². The summed E-state index contributed by atoms with van der Waals surface area (Å²) in [5.41, 5.74) is 1.07. The molecule has 4 N–H and O–H groups in total. The first-order valence-electron chi connectivity index (χ1n) is 7.25. The van der Waals surface area contributed by atoms with Gasteiger partial charge in [0.25, 0.3) is 0 Å². The molecule has 3 rings (SSSR count). The van der Waals surface area contributed by atoms with E-state index in [0.29, 0.717) is 0 Å². The van der Waals surface area contributed by atoms with Crippen LogP contribution in [-0.4, -0.2) is 35.4 Å². The minimum Gasteiger partial charge on any atom is -0.508 e. The van der Waals surface area contributed by atoms with Crippen molar-refractivity contribution in [2.24, 2.45) is 0 Å². The molecular weight excluding hydrogens is 346 g/mol. The Kier molecular flexibility index (Phi) is 4.10. The monoisotopic (exact) mass is 359 g/mol. The Morgan fingerprint density at radius 2 is 1.08 bits per heavy atom. The van der Waals surface area contributed by atoms with E-state index in [2.05, 4.69) is 15.0 Å². The van der Waals surface area contributed by atoms with Crippen molar-refractivity contribution in [2.45, 2.75) is 13.8 Å². The first kappa shape index (κ1) is 16.8. The van der Waals surface area contributed by atoms with Crippen LogP contribution in [0.1, 0.15) is 11.1 Å². The highest BCUT2D eigenvalue weighted by molar-refractivity contribution is 6.28. The first-order valence-corrected chi connectivity index (χ1v) is 7.62. The van der Waals surface area contributed by atoms with Crippen LogP contribution in [0, 0.1) is 13.8 Å². The van der Waals surface area contributed by atoms with Crippen molar-refractivity contribution >= 4 is 11.6 Å². The van der Waals surface area contributed by atoms with Crippen LogP contribution in [0.3, 0.4) is 0 Å². The highest BCUT2D eigenvalue weighted by atomic mass is 35.5. The summed E-state index contributed by atoms with van der Waals surface area (Å²) >= 11 is 5.97. The fourth-order valence-corrected chi connectivity index (χ4v) is 2.49. The van der Waals surface area contributed by atoms with Crippen LogP contribution in [0.4, 0.5) is 0 Å². The predicted octanol–water partition coefficient (Wildman–Crippen LogP) is 3.30. The Morgan fingerprint density at radius 3 is 1.48 bits per heavy atom. The Bertz CT molecular complexity index is 916. The molecule has 8 heteroatoms. The lowest BCUT2D eigenvalue weighted by atomic mass is 10.1. The van der Waals surface area contributed by atoms with Crippen molar-refractivity contribution in [1.29, 1.82) is 0 Å². The van der Waals surface area contributed by atoms with E-state index >= 15 is 0 Å². The largest absolute Gasteiger partial charge is 0.508 e. The zero-order valence-electron chi connectivity index (χ0n) is 13.3. The number of aromatic hydroxyl groups is 4. The fraction of sp³-hybridized carbons (Fsp3) is 0.118. The first-order chi connectivity index (χ1) is 11.8. The van der Waals surface area contributed by atoms with Crippen molar-refractivity contribution in [3.8, 4) is 45.8 Å². The third kappa shape index (κ3) is 2.89. The number of phenols is 4. The zero-order chi connectivity index (χ0) is 18.3. The molecule has 25 heavy (non-hydrogen) atoms. The van der Waals surface area contributed by atoms with Gasteiger partial charge in [-0.25, -0.2) is 4.98 Å². The van der Waals surface area contributed by atoms with Crippen LogP contribution in [0.5, 0.6) is 23.0 Å². The van der Waals surface area contributed by atoms with E-state index in [9.17, 15) is 20.4 Å². The van der Waals surface area contributed by atoms with E-state index in [1.54, 1.807) is 13.8 Å². The summed E-state index contributed by atoms with van der Waals surface area (Å²) in [6.45, 7) is 3.10. The number of nitrogens with zero attached hydrogens (tertiary/aromatic N) is 3. The predicted molar refractivity (Wildman–Crippen MR) is 91.8 cm³/mol. The molecule has 0 saturated carbocycles. The molecule has 0 unspecified atom stereocenters. The normalized spacial score (nSPS) is 10.8. The van der Waals surface area contributed by atoms with Crippen molar-refractivity contribution in [3.63, 3.8) is 0 Å². The lowest BCUT2D eigenvalue weighted by Crippen LogP contribution is -1.98. The average molecular weight is 360 g/mol. The van der Waals surface area contributed by atoms with Gasteiger partial charge in [0.2, 0.25) is 5.28 Å². The van der Waals surface area contributed by atoms with Crippen LogP contribution < -0.4 is 0 Å². The third-order valence-electron chi connectivity index (χ3n) is 3.89. The second kappa shape index (κ2) is 6.10. The van der Waals surface area contributed by atoms with Gasteiger partial charge in [0, 0.05) is 11.1 Å². The second-order valence-electron chi connectivity index (χ2n) is 5.46. The smallest absolute Gasteiger partial charge is 0.226 e. The number of rotatable bonds is 2. The van der Waals surface area contributed by atoms with E-state index in [-0.39, 0.29) is 62.2 Å². The van der Waals surface area contributed by atoms with Gasteiger partial charge in [0.05, 0.1) is 11.1 Å². The summed E-state index contributed by atoms with van der Waals surface area (Å²) in [6, 6.07) is 5.72. The highest BCUT2D eigenvalue weighted by Gasteiger charge is 2.18. The standard InChI is InChI=1S/C17H14ClN3O4/c1-7-11(22)5-3-9(13(7)24)15-19-16(21-17(18)20-15)10-4-6-12(23)8(2)14(10)25/h3-6,22-25H,1-2H3. The maximum absolute atomic E-state index is 10.2. The summed E-state index contributed by atoms with van der Waals surface area (Å²) < 4.78 is 0. The van der Waals surface area contributed by atoms with Gasteiger partial charge in [0.15, 0.2) is 11.6 Å². The third-order valence-corrected chi connectivity index (χ3v) is 4.06. The summed E-state index contributed by atoms with van der Waals surface area (Å²) in [4.78, 5) is 12.3. The molecule has 0 aliphatic carbocycles. The molecule has 128 valence electrons. The molecular formula is C17H14ClN3O4. The Hall–Kier alpha value is -3.06. The van der Waals surface area contributed by atoms with Crippen LogP contribution in [0.2, 0.25) is 5.28 Å². The summed E-state index contributed by atoms with van der Waals surface area (Å²) in [7, 11) is 0. The molecule has 0 bridgehead atoms. The maximum atomic E-state index is 10.2. The summed E-state index contributed by atoms with van der Waals surface area (Å²) in [6.07, 6.45) is 0. The van der Waals surface area contributed by atoms with Crippen molar-refractivity contribution in [1.82, 2.24) is 15.0 Å². The number of phenolic OH excluding ortho intramolecular Hbond substituents is 4. The van der Waals surface area contributed by atoms with E-state index in [1.807, 2.05) is 0 Å². The number of hydrogen-bond donors (Lipinski definition) is 4. The molecule has 1 heterocycles. The molecule has 0 amide bonds. The second-order valence-corrected chi connectivity index (χ2v) is 5.80. The van der Waals surface area contributed by atoms with Crippen LogP contribution >= 0.6 is 11.6 Å². The number of halogens is 1. The van der Waals surface area contributed by atoms with Crippen LogP contribution in [-0.2, 0) is 0 Å². The number of benzene rings is 2. The van der Waals surface area contributed by atoms with Gasteiger partial charge in [-0.3, -0.25) is 0 Å². The number of aromatic nitrogens is 3. The quantitative estimate of drug-likeness (QED) is 0.554. The Balaban J connectivity index is 2.21. The zero-order valence-corrected chi connectivity index (χ0v) is 14.1.